The Morgan fingerprint density at radius 2 is 1.85 bits per heavy atom. The Hall–Kier alpha value is -0.910. The lowest BCUT2D eigenvalue weighted by atomic mass is 10.1. The number of benzene rings is 1. The highest BCUT2D eigenvalue weighted by Gasteiger charge is 2.23. The van der Waals surface area contributed by atoms with Crippen molar-refractivity contribution in [1.82, 2.24) is 9.62 Å². The molecule has 0 atom stereocenters. The first-order chi connectivity index (χ1) is 9.40. The van der Waals surface area contributed by atoms with Gasteiger partial charge in [-0.15, -0.1) is 0 Å². The number of sulfonamides is 1. The lowest BCUT2D eigenvalue weighted by Crippen LogP contribution is -2.37. The Bertz CT molecular complexity index is 512. The normalized spacial score (nSPS) is 12.3. The molecule has 4 nitrogen and oxygen atoms in total. The fraction of sp³-hybridized carbons (Fsp3) is 0.600. The van der Waals surface area contributed by atoms with E-state index >= 15 is 0 Å². The highest BCUT2D eigenvalue weighted by Crippen LogP contribution is 2.15. The van der Waals surface area contributed by atoms with Gasteiger partial charge in [0.1, 0.15) is 0 Å². The predicted molar refractivity (Wildman–Crippen MR) is 84.0 cm³/mol. The minimum absolute atomic E-state index is 0.00468. The van der Waals surface area contributed by atoms with Gasteiger partial charge < -0.3 is 5.32 Å². The zero-order valence-corrected chi connectivity index (χ0v) is 13.7. The van der Waals surface area contributed by atoms with Crippen molar-refractivity contribution in [1.29, 1.82) is 0 Å². The summed E-state index contributed by atoms with van der Waals surface area (Å²) in [7, 11) is -3.25. The van der Waals surface area contributed by atoms with Crippen molar-refractivity contribution in [3.63, 3.8) is 0 Å². The molecule has 0 amide bonds. The number of nitrogens with zero attached hydrogens (tertiary/aromatic N) is 1. The predicted octanol–water partition coefficient (Wildman–Crippen LogP) is 2.36. The van der Waals surface area contributed by atoms with Crippen LogP contribution in [0, 0.1) is 0 Å². The standard InChI is InChI=1S/C15H26N2O2S/c1-5-16-11-14-8-7-9-15(10-14)12-20(18,19)17(6-2)13(3)4/h7-10,13,16H,5-6,11-12H2,1-4H3. The van der Waals surface area contributed by atoms with E-state index in [0.717, 1.165) is 24.2 Å². The minimum atomic E-state index is -3.25. The number of hydrogen-bond donors (Lipinski definition) is 1. The molecule has 0 radical (unpaired) electrons. The van der Waals surface area contributed by atoms with Gasteiger partial charge in [-0.3, -0.25) is 0 Å². The second-order valence-electron chi connectivity index (χ2n) is 5.15. The molecule has 0 saturated carbocycles. The monoisotopic (exact) mass is 298 g/mol. The molecule has 0 aliphatic heterocycles. The van der Waals surface area contributed by atoms with Crippen LogP contribution in [-0.2, 0) is 22.3 Å². The van der Waals surface area contributed by atoms with Gasteiger partial charge in [-0.2, -0.15) is 4.31 Å². The Balaban J connectivity index is 2.86. The van der Waals surface area contributed by atoms with Gasteiger partial charge in [-0.1, -0.05) is 38.1 Å². The molecule has 0 aromatic heterocycles. The average Bonchev–Trinajstić information content (AvgIpc) is 2.36. The average molecular weight is 298 g/mol. The molecular weight excluding hydrogens is 272 g/mol. The lowest BCUT2D eigenvalue weighted by molar-refractivity contribution is 0.368. The number of rotatable bonds is 8. The van der Waals surface area contributed by atoms with Gasteiger partial charge in [0.2, 0.25) is 10.0 Å². The van der Waals surface area contributed by atoms with Crippen LogP contribution in [0.3, 0.4) is 0 Å². The van der Waals surface area contributed by atoms with E-state index in [1.165, 1.54) is 0 Å². The molecule has 114 valence electrons. The molecule has 0 spiro atoms. The van der Waals surface area contributed by atoms with Crippen LogP contribution in [0.15, 0.2) is 24.3 Å². The van der Waals surface area contributed by atoms with E-state index in [4.69, 9.17) is 0 Å². The van der Waals surface area contributed by atoms with Crippen LogP contribution in [0.5, 0.6) is 0 Å². The van der Waals surface area contributed by atoms with Crippen LogP contribution >= 0.6 is 0 Å². The third-order valence-corrected chi connectivity index (χ3v) is 5.26. The molecule has 0 heterocycles. The van der Waals surface area contributed by atoms with Gasteiger partial charge in [0.25, 0.3) is 0 Å². The van der Waals surface area contributed by atoms with Gasteiger partial charge in [0.15, 0.2) is 0 Å². The van der Waals surface area contributed by atoms with Crippen LogP contribution in [0.2, 0.25) is 0 Å². The van der Waals surface area contributed by atoms with E-state index in [2.05, 4.69) is 12.2 Å². The van der Waals surface area contributed by atoms with Gasteiger partial charge in [-0.25, -0.2) is 8.42 Å². The molecule has 20 heavy (non-hydrogen) atoms. The van der Waals surface area contributed by atoms with Crippen LogP contribution in [0.25, 0.3) is 0 Å². The summed E-state index contributed by atoms with van der Waals surface area (Å²) in [6, 6.07) is 7.77. The summed E-state index contributed by atoms with van der Waals surface area (Å²) in [5, 5.41) is 3.25. The molecule has 0 bridgehead atoms. The molecule has 1 rings (SSSR count). The van der Waals surface area contributed by atoms with Crippen LogP contribution < -0.4 is 5.32 Å². The first kappa shape index (κ1) is 17.1. The summed E-state index contributed by atoms with van der Waals surface area (Å²) >= 11 is 0. The topological polar surface area (TPSA) is 49.4 Å². The molecule has 0 aliphatic carbocycles. The Morgan fingerprint density at radius 1 is 1.20 bits per heavy atom. The molecular formula is C15H26N2O2S. The zero-order chi connectivity index (χ0) is 15.2. The summed E-state index contributed by atoms with van der Waals surface area (Å²) < 4.78 is 26.4. The summed E-state index contributed by atoms with van der Waals surface area (Å²) in [6.45, 7) is 9.92. The Kier molecular flexibility index (Phi) is 6.65. The first-order valence-corrected chi connectivity index (χ1v) is 8.79. The molecule has 0 saturated heterocycles. The summed E-state index contributed by atoms with van der Waals surface area (Å²) in [5.41, 5.74) is 1.96. The second kappa shape index (κ2) is 7.76. The van der Waals surface area contributed by atoms with Crippen LogP contribution in [-0.4, -0.2) is 31.9 Å². The van der Waals surface area contributed by atoms with Gasteiger partial charge in [0, 0.05) is 19.1 Å². The summed E-state index contributed by atoms with van der Waals surface area (Å²) in [4.78, 5) is 0. The summed E-state index contributed by atoms with van der Waals surface area (Å²) in [5.74, 6) is 0.0684. The van der Waals surface area contributed by atoms with E-state index in [1.54, 1.807) is 4.31 Å². The fourth-order valence-electron chi connectivity index (χ4n) is 2.28. The lowest BCUT2D eigenvalue weighted by Gasteiger charge is -2.24. The number of nitrogens with one attached hydrogen (secondary N) is 1. The van der Waals surface area contributed by atoms with E-state index in [-0.39, 0.29) is 11.8 Å². The first-order valence-electron chi connectivity index (χ1n) is 7.18. The maximum Gasteiger partial charge on any atom is 0.218 e. The van der Waals surface area contributed by atoms with E-state index < -0.39 is 10.0 Å². The van der Waals surface area contributed by atoms with Crippen LogP contribution in [0.4, 0.5) is 0 Å². The Labute approximate surface area is 123 Å². The SMILES string of the molecule is CCNCc1cccc(CS(=O)(=O)N(CC)C(C)C)c1. The smallest absolute Gasteiger partial charge is 0.218 e. The third kappa shape index (κ3) is 4.89. The van der Waals surface area contributed by atoms with Gasteiger partial charge in [0.05, 0.1) is 5.75 Å². The number of hydrogen-bond acceptors (Lipinski definition) is 3. The van der Waals surface area contributed by atoms with Gasteiger partial charge in [-0.05, 0) is 31.5 Å². The second-order valence-corrected chi connectivity index (χ2v) is 7.08. The third-order valence-electron chi connectivity index (χ3n) is 3.16. The highest BCUT2D eigenvalue weighted by atomic mass is 32.2. The molecule has 5 heteroatoms. The van der Waals surface area contributed by atoms with Crippen molar-refractivity contribution in [3.05, 3.63) is 35.4 Å². The van der Waals surface area contributed by atoms with Crippen molar-refractivity contribution in [2.75, 3.05) is 13.1 Å². The van der Waals surface area contributed by atoms with E-state index in [0.29, 0.717) is 6.54 Å². The maximum absolute atomic E-state index is 12.4. The maximum atomic E-state index is 12.4. The molecule has 0 unspecified atom stereocenters. The van der Waals surface area contributed by atoms with Crippen molar-refractivity contribution in [3.8, 4) is 0 Å². The summed E-state index contributed by atoms with van der Waals surface area (Å²) in [6.07, 6.45) is 0. The zero-order valence-electron chi connectivity index (χ0n) is 12.9. The molecule has 1 aromatic rings. The Morgan fingerprint density at radius 3 is 2.40 bits per heavy atom. The van der Waals surface area contributed by atoms with Crippen molar-refractivity contribution in [2.24, 2.45) is 0 Å². The van der Waals surface area contributed by atoms with Crippen molar-refractivity contribution < 1.29 is 8.42 Å². The van der Waals surface area contributed by atoms with E-state index in [1.807, 2.05) is 45.0 Å². The molecule has 1 N–H and O–H groups in total. The van der Waals surface area contributed by atoms with Gasteiger partial charge >= 0.3 is 0 Å². The van der Waals surface area contributed by atoms with Crippen molar-refractivity contribution >= 4 is 10.0 Å². The molecule has 0 fully saturated rings. The highest BCUT2D eigenvalue weighted by molar-refractivity contribution is 7.88. The van der Waals surface area contributed by atoms with E-state index in [9.17, 15) is 8.42 Å². The largest absolute Gasteiger partial charge is 0.313 e. The molecule has 0 aliphatic rings. The molecule has 1 aromatic carbocycles. The fourth-order valence-corrected chi connectivity index (χ4v) is 4.08. The van der Waals surface area contributed by atoms with Crippen LogP contribution in [0.1, 0.15) is 38.8 Å². The quantitative estimate of drug-likeness (QED) is 0.801. The minimum Gasteiger partial charge on any atom is -0.313 e. The van der Waals surface area contributed by atoms with Crippen molar-refractivity contribution in [2.45, 2.75) is 46.0 Å².